The predicted octanol–water partition coefficient (Wildman–Crippen LogP) is 4.40. The van der Waals surface area contributed by atoms with Crippen molar-refractivity contribution in [3.8, 4) is 0 Å². The molecule has 1 fully saturated rings. The lowest BCUT2D eigenvalue weighted by molar-refractivity contribution is 0.149. The van der Waals surface area contributed by atoms with E-state index in [9.17, 15) is 13.6 Å². The van der Waals surface area contributed by atoms with Crippen LogP contribution >= 0.6 is 0 Å². The first kappa shape index (κ1) is 18.3. The third-order valence-corrected chi connectivity index (χ3v) is 4.81. The maximum atomic E-state index is 13.8. The van der Waals surface area contributed by atoms with Gasteiger partial charge in [-0.1, -0.05) is 31.4 Å². The number of nitrogens with zero attached hydrogens (tertiary/aromatic N) is 2. The molecule has 26 heavy (non-hydrogen) atoms. The molecule has 1 aromatic heterocycles. The predicted molar refractivity (Wildman–Crippen MR) is 95.2 cm³/mol. The zero-order valence-corrected chi connectivity index (χ0v) is 14.6. The maximum Gasteiger partial charge on any atom is 0.318 e. The van der Waals surface area contributed by atoms with Crippen LogP contribution in [0.2, 0.25) is 0 Å². The van der Waals surface area contributed by atoms with Crippen molar-refractivity contribution in [2.24, 2.45) is 0 Å². The molecule has 1 aromatic carbocycles. The van der Waals surface area contributed by atoms with Crippen LogP contribution in [0.4, 0.5) is 13.6 Å². The minimum Gasteiger partial charge on any atom is -0.334 e. The average molecular weight is 359 g/mol. The summed E-state index contributed by atoms with van der Waals surface area (Å²) >= 11 is 0. The molecule has 6 heteroatoms. The minimum absolute atomic E-state index is 0.122. The quantitative estimate of drug-likeness (QED) is 0.860. The SMILES string of the molecule is O=C(NCc1c(F)cccc1F)N(Cc1ccccn1)C1CCCCC1. The fourth-order valence-corrected chi connectivity index (χ4v) is 3.39. The number of hydrogen-bond donors (Lipinski definition) is 1. The first-order chi connectivity index (χ1) is 12.6. The number of rotatable bonds is 5. The second-order valence-corrected chi connectivity index (χ2v) is 6.60. The van der Waals surface area contributed by atoms with E-state index in [0.29, 0.717) is 6.54 Å². The molecule has 2 amide bonds. The molecule has 4 nitrogen and oxygen atoms in total. The Bertz CT molecular complexity index is 713. The summed E-state index contributed by atoms with van der Waals surface area (Å²) in [6, 6.07) is 9.09. The topological polar surface area (TPSA) is 45.2 Å². The third kappa shape index (κ3) is 4.56. The second-order valence-electron chi connectivity index (χ2n) is 6.60. The fraction of sp³-hybridized carbons (Fsp3) is 0.400. The highest BCUT2D eigenvalue weighted by Crippen LogP contribution is 2.24. The normalized spacial score (nSPS) is 14.8. The molecule has 0 unspecified atom stereocenters. The fourth-order valence-electron chi connectivity index (χ4n) is 3.39. The molecular weight excluding hydrogens is 336 g/mol. The number of aromatic nitrogens is 1. The van der Waals surface area contributed by atoms with E-state index < -0.39 is 11.6 Å². The highest BCUT2D eigenvalue weighted by Gasteiger charge is 2.26. The number of carbonyl (C=O) groups is 1. The molecule has 1 aliphatic carbocycles. The summed E-state index contributed by atoms with van der Waals surface area (Å²) in [5.41, 5.74) is 0.674. The van der Waals surface area contributed by atoms with Crippen molar-refractivity contribution in [2.75, 3.05) is 0 Å². The van der Waals surface area contributed by atoms with Crippen LogP contribution < -0.4 is 5.32 Å². The molecule has 138 valence electrons. The Balaban J connectivity index is 1.71. The van der Waals surface area contributed by atoms with Gasteiger partial charge in [0, 0.05) is 17.8 Å². The van der Waals surface area contributed by atoms with Crippen molar-refractivity contribution < 1.29 is 13.6 Å². The summed E-state index contributed by atoms with van der Waals surface area (Å²) < 4.78 is 27.6. The summed E-state index contributed by atoms with van der Waals surface area (Å²) in [5, 5.41) is 2.68. The highest BCUT2D eigenvalue weighted by molar-refractivity contribution is 5.74. The zero-order valence-electron chi connectivity index (χ0n) is 14.6. The molecule has 0 atom stereocenters. The van der Waals surface area contributed by atoms with Gasteiger partial charge in [0.1, 0.15) is 11.6 Å². The smallest absolute Gasteiger partial charge is 0.318 e. The summed E-state index contributed by atoms with van der Waals surface area (Å²) in [7, 11) is 0. The van der Waals surface area contributed by atoms with Crippen LogP contribution in [0.5, 0.6) is 0 Å². The molecule has 1 aliphatic rings. The first-order valence-electron chi connectivity index (χ1n) is 9.02. The van der Waals surface area contributed by atoms with Gasteiger partial charge in [0.05, 0.1) is 18.8 Å². The van der Waals surface area contributed by atoms with Gasteiger partial charge < -0.3 is 10.2 Å². The second kappa shape index (κ2) is 8.74. The Labute approximate surface area is 152 Å². The van der Waals surface area contributed by atoms with Gasteiger partial charge in [-0.3, -0.25) is 4.98 Å². The van der Waals surface area contributed by atoms with Gasteiger partial charge in [0.2, 0.25) is 0 Å². The van der Waals surface area contributed by atoms with Gasteiger partial charge in [-0.25, -0.2) is 13.6 Å². The van der Waals surface area contributed by atoms with Gasteiger partial charge in [-0.05, 0) is 37.1 Å². The summed E-state index contributed by atoms with van der Waals surface area (Å²) in [6.07, 6.45) is 6.91. The van der Waals surface area contributed by atoms with Crippen molar-refractivity contribution in [1.82, 2.24) is 15.2 Å². The van der Waals surface area contributed by atoms with E-state index in [2.05, 4.69) is 10.3 Å². The molecule has 3 rings (SSSR count). The Morgan fingerprint density at radius 1 is 1.08 bits per heavy atom. The van der Waals surface area contributed by atoms with Crippen molar-refractivity contribution in [2.45, 2.75) is 51.2 Å². The van der Waals surface area contributed by atoms with E-state index in [-0.39, 0.29) is 24.2 Å². The summed E-state index contributed by atoms with van der Waals surface area (Å²) in [4.78, 5) is 18.8. The minimum atomic E-state index is -0.653. The molecule has 1 heterocycles. The molecule has 0 radical (unpaired) electrons. The number of hydrogen-bond acceptors (Lipinski definition) is 2. The van der Waals surface area contributed by atoms with E-state index in [0.717, 1.165) is 31.4 Å². The van der Waals surface area contributed by atoms with Crippen LogP contribution in [0.1, 0.15) is 43.4 Å². The van der Waals surface area contributed by atoms with Crippen molar-refractivity contribution in [1.29, 1.82) is 0 Å². The van der Waals surface area contributed by atoms with E-state index in [1.165, 1.54) is 24.6 Å². The third-order valence-electron chi connectivity index (χ3n) is 4.81. The van der Waals surface area contributed by atoms with Gasteiger partial charge in [0.25, 0.3) is 0 Å². The average Bonchev–Trinajstić information content (AvgIpc) is 2.67. The zero-order chi connectivity index (χ0) is 18.4. The Kier molecular flexibility index (Phi) is 6.15. The van der Waals surface area contributed by atoms with Crippen LogP contribution in [-0.4, -0.2) is 22.0 Å². The monoisotopic (exact) mass is 359 g/mol. The largest absolute Gasteiger partial charge is 0.334 e. The molecule has 0 aliphatic heterocycles. The van der Waals surface area contributed by atoms with Crippen LogP contribution in [0.25, 0.3) is 0 Å². The summed E-state index contributed by atoms with van der Waals surface area (Å²) in [6.45, 7) is 0.208. The number of pyridine rings is 1. The lowest BCUT2D eigenvalue weighted by Gasteiger charge is -2.34. The Hall–Kier alpha value is -2.50. The van der Waals surface area contributed by atoms with E-state index >= 15 is 0 Å². The van der Waals surface area contributed by atoms with Gasteiger partial charge in [-0.15, -0.1) is 0 Å². The first-order valence-corrected chi connectivity index (χ1v) is 9.02. The molecule has 0 saturated heterocycles. The van der Waals surface area contributed by atoms with Crippen LogP contribution in [-0.2, 0) is 13.1 Å². The molecule has 0 bridgehead atoms. The van der Waals surface area contributed by atoms with Crippen LogP contribution in [0, 0.1) is 11.6 Å². The summed E-state index contributed by atoms with van der Waals surface area (Å²) in [5.74, 6) is -1.31. The number of urea groups is 1. The highest BCUT2D eigenvalue weighted by atomic mass is 19.1. The lowest BCUT2D eigenvalue weighted by Crippen LogP contribution is -2.46. The van der Waals surface area contributed by atoms with Crippen LogP contribution in [0.3, 0.4) is 0 Å². The maximum absolute atomic E-state index is 13.8. The molecule has 1 N–H and O–H groups in total. The van der Waals surface area contributed by atoms with Crippen molar-refractivity contribution in [3.05, 3.63) is 65.5 Å². The Morgan fingerprint density at radius 3 is 2.46 bits per heavy atom. The van der Waals surface area contributed by atoms with E-state index in [1.807, 2.05) is 18.2 Å². The van der Waals surface area contributed by atoms with E-state index in [4.69, 9.17) is 0 Å². The number of benzene rings is 1. The van der Waals surface area contributed by atoms with Gasteiger partial charge in [-0.2, -0.15) is 0 Å². The number of nitrogens with one attached hydrogen (secondary N) is 1. The molecule has 2 aromatic rings. The number of amides is 2. The lowest BCUT2D eigenvalue weighted by atomic mass is 9.94. The Morgan fingerprint density at radius 2 is 1.81 bits per heavy atom. The molecule has 1 saturated carbocycles. The van der Waals surface area contributed by atoms with Crippen molar-refractivity contribution in [3.63, 3.8) is 0 Å². The van der Waals surface area contributed by atoms with Crippen LogP contribution in [0.15, 0.2) is 42.6 Å². The molecular formula is C20H23F2N3O. The molecule has 0 spiro atoms. The van der Waals surface area contributed by atoms with Crippen molar-refractivity contribution >= 4 is 6.03 Å². The van der Waals surface area contributed by atoms with Gasteiger partial charge in [0.15, 0.2) is 0 Å². The number of carbonyl (C=O) groups excluding carboxylic acids is 1. The standard InChI is InChI=1S/C20H23F2N3O/c21-18-10-6-11-19(22)17(18)13-24-20(26)25(16-8-2-1-3-9-16)14-15-7-4-5-12-23-15/h4-7,10-12,16H,1-3,8-9,13-14H2,(H,24,26). The number of halogens is 2. The van der Waals surface area contributed by atoms with Gasteiger partial charge >= 0.3 is 6.03 Å². The van der Waals surface area contributed by atoms with E-state index in [1.54, 1.807) is 11.1 Å².